The van der Waals surface area contributed by atoms with Gasteiger partial charge < -0.3 is 0 Å². The lowest BCUT2D eigenvalue weighted by Crippen LogP contribution is -2.57. The molecule has 0 unspecified atom stereocenters. The molecule has 168 valence electrons. The fourth-order valence-corrected chi connectivity index (χ4v) is 7.55. The van der Waals surface area contributed by atoms with Crippen molar-refractivity contribution in [1.82, 2.24) is 13.9 Å². The molecule has 3 atom stereocenters. The van der Waals surface area contributed by atoms with Gasteiger partial charge in [-0.15, -0.1) is 0 Å². The van der Waals surface area contributed by atoms with E-state index in [9.17, 15) is 21.2 Å². The first-order valence-electron chi connectivity index (χ1n) is 10.4. The number of benzene rings is 1. The Hall–Kier alpha value is -1.11. The number of nitrogens with one attached hydrogen (secondary N) is 1. The maximum Gasteiger partial charge on any atom is 0.274 e. The van der Waals surface area contributed by atoms with E-state index >= 15 is 0 Å². The molecule has 0 aromatic heterocycles. The molecule has 0 saturated carbocycles. The molecule has 3 heterocycles. The van der Waals surface area contributed by atoms with Crippen LogP contribution >= 0.6 is 0 Å². The number of nitrogens with zero attached hydrogens (tertiary/aromatic N) is 2. The van der Waals surface area contributed by atoms with Gasteiger partial charge in [0.2, 0.25) is 10.0 Å². The second-order valence-electron chi connectivity index (χ2n) is 8.53. The Bertz CT molecular complexity index is 1000. The highest BCUT2D eigenvalue weighted by molar-refractivity contribution is 7.89. The smallest absolute Gasteiger partial charge is 0.274 e. The van der Waals surface area contributed by atoms with E-state index in [2.05, 4.69) is 9.62 Å². The topological polar surface area (TPSA) is 113 Å². The highest BCUT2D eigenvalue weighted by Gasteiger charge is 2.45. The predicted molar refractivity (Wildman–Crippen MR) is 112 cm³/mol. The van der Waals surface area contributed by atoms with Crippen molar-refractivity contribution >= 4 is 20.2 Å². The average molecular weight is 461 g/mol. The molecule has 8 nitrogen and oxygen atoms in total. The average Bonchev–Trinajstić information content (AvgIpc) is 2.68. The van der Waals surface area contributed by atoms with Gasteiger partial charge in [-0.1, -0.05) is 6.07 Å². The fraction of sp³-hybridized carbons (Fsp3) is 0.684. The third kappa shape index (κ3) is 4.71. The molecule has 11 heteroatoms. The predicted octanol–water partition coefficient (Wildman–Crippen LogP) is 0.722. The van der Waals surface area contributed by atoms with Crippen molar-refractivity contribution < 1.29 is 21.2 Å². The third-order valence-corrected chi connectivity index (χ3v) is 9.20. The van der Waals surface area contributed by atoms with E-state index < -0.39 is 20.2 Å². The molecule has 3 aliphatic rings. The molecule has 0 radical (unpaired) electrons. The number of fused-ring (bicyclic) bond motifs is 4. The van der Waals surface area contributed by atoms with Gasteiger partial charge in [0.15, 0.2) is 0 Å². The number of halogens is 1. The summed E-state index contributed by atoms with van der Waals surface area (Å²) in [7, 11) is -7.36. The monoisotopic (exact) mass is 460 g/mol. The summed E-state index contributed by atoms with van der Waals surface area (Å²) in [6.07, 6.45) is 3.52. The quantitative estimate of drug-likeness (QED) is 0.608. The van der Waals surface area contributed by atoms with E-state index in [1.807, 2.05) is 6.07 Å². The standard InChI is InChI=1S/C19H29FN4O4S2/c20-16-5-4-14-6-9-23-13-15-3-1-8-24(18(15)12-19(23)17(14)11-16)29(25,26)10-2-7-22-30(21,27)28/h4-5,11,15,18-19,22H,1-3,6-10,12-13H2,(H2,21,27,28)/t15-,18+,19+/m1/s1. The van der Waals surface area contributed by atoms with Crippen LogP contribution in [0.4, 0.5) is 4.39 Å². The van der Waals surface area contributed by atoms with Crippen LogP contribution in [0.5, 0.6) is 0 Å². The Balaban J connectivity index is 1.50. The van der Waals surface area contributed by atoms with Gasteiger partial charge >= 0.3 is 0 Å². The second-order valence-corrected chi connectivity index (χ2v) is 11.9. The number of hydrogen-bond donors (Lipinski definition) is 2. The number of hydrogen-bond acceptors (Lipinski definition) is 5. The van der Waals surface area contributed by atoms with Crippen LogP contribution in [-0.4, -0.2) is 64.0 Å². The maximum absolute atomic E-state index is 13.9. The second kappa shape index (κ2) is 8.44. The normalized spacial score (nSPS) is 27.9. The van der Waals surface area contributed by atoms with Gasteiger partial charge in [-0.2, -0.15) is 12.7 Å². The molecule has 0 bridgehead atoms. The molecule has 3 N–H and O–H groups in total. The lowest BCUT2D eigenvalue weighted by Gasteiger charge is -2.51. The Morgan fingerprint density at radius 1 is 1.20 bits per heavy atom. The highest BCUT2D eigenvalue weighted by Crippen LogP contribution is 2.43. The zero-order chi connectivity index (χ0) is 21.5. The minimum absolute atomic E-state index is 0.0109. The number of piperidine rings is 2. The summed E-state index contributed by atoms with van der Waals surface area (Å²) in [6, 6.07) is 4.87. The first-order valence-corrected chi connectivity index (χ1v) is 13.6. The molecule has 2 fully saturated rings. The van der Waals surface area contributed by atoms with Gasteiger partial charge in [-0.25, -0.2) is 22.7 Å². The van der Waals surface area contributed by atoms with Crippen molar-refractivity contribution in [3.05, 3.63) is 35.1 Å². The number of nitrogens with two attached hydrogens (primary N) is 1. The van der Waals surface area contributed by atoms with Crippen molar-refractivity contribution in [2.24, 2.45) is 11.1 Å². The zero-order valence-corrected chi connectivity index (χ0v) is 18.5. The fourth-order valence-electron chi connectivity index (χ4n) is 5.30. The van der Waals surface area contributed by atoms with E-state index in [1.165, 1.54) is 6.07 Å². The van der Waals surface area contributed by atoms with Crippen LogP contribution in [0.2, 0.25) is 0 Å². The van der Waals surface area contributed by atoms with Gasteiger partial charge in [0.25, 0.3) is 10.2 Å². The highest BCUT2D eigenvalue weighted by atomic mass is 32.2. The Kier molecular flexibility index (Phi) is 6.21. The van der Waals surface area contributed by atoms with E-state index in [4.69, 9.17) is 5.14 Å². The minimum Gasteiger partial charge on any atom is -0.296 e. The molecule has 1 aromatic rings. The van der Waals surface area contributed by atoms with Crippen molar-refractivity contribution in [3.63, 3.8) is 0 Å². The van der Waals surface area contributed by atoms with E-state index in [0.29, 0.717) is 13.0 Å². The van der Waals surface area contributed by atoms with Crippen molar-refractivity contribution in [2.75, 3.05) is 31.9 Å². The molecule has 1 aromatic carbocycles. The lowest BCUT2D eigenvalue weighted by atomic mass is 9.77. The summed E-state index contributed by atoms with van der Waals surface area (Å²) >= 11 is 0. The number of rotatable bonds is 6. The Labute approximate surface area is 177 Å². The SMILES string of the molecule is NS(=O)(=O)NCCCS(=O)(=O)N1CCC[C@@H]2CN3CCc4ccc(F)cc4[C@@H]3C[C@@H]21. The van der Waals surface area contributed by atoms with E-state index in [0.717, 1.165) is 43.5 Å². The first kappa shape index (κ1) is 22.1. The summed E-state index contributed by atoms with van der Waals surface area (Å²) in [5.41, 5.74) is 2.13. The third-order valence-electron chi connectivity index (χ3n) is 6.62. The number of sulfonamides is 1. The molecule has 4 rings (SSSR count). The zero-order valence-electron chi connectivity index (χ0n) is 16.8. The molecule has 30 heavy (non-hydrogen) atoms. The van der Waals surface area contributed by atoms with Crippen LogP contribution in [0.3, 0.4) is 0 Å². The molecular weight excluding hydrogens is 431 g/mol. The van der Waals surface area contributed by atoms with Gasteiger partial charge in [0.05, 0.1) is 5.75 Å². The van der Waals surface area contributed by atoms with Crippen molar-refractivity contribution in [1.29, 1.82) is 0 Å². The van der Waals surface area contributed by atoms with Gasteiger partial charge in [-0.05, 0) is 61.3 Å². The summed E-state index contributed by atoms with van der Waals surface area (Å²) in [5, 5.41) is 4.90. The maximum atomic E-state index is 13.9. The molecular formula is C19H29FN4O4S2. The van der Waals surface area contributed by atoms with Crippen molar-refractivity contribution in [3.8, 4) is 0 Å². The molecule has 0 aliphatic carbocycles. The van der Waals surface area contributed by atoms with Gasteiger partial charge in [0.1, 0.15) is 5.82 Å². The summed E-state index contributed by atoms with van der Waals surface area (Å²) in [4.78, 5) is 2.38. The van der Waals surface area contributed by atoms with E-state index in [1.54, 1.807) is 10.4 Å². The van der Waals surface area contributed by atoms with E-state index in [-0.39, 0.29) is 42.5 Å². The van der Waals surface area contributed by atoms with Crippen LogP contribution < -0.4 is 9.86 Å². The molecule has 2 saturated heterocycles. The molecule has 0 spiro atoms. The van der Waals surface area contributed by atoms with Crippen molar-refractivity contribution in [2.45, 2.75) is 44.2 Å². The van der Waals surface area contributed by atoms with Crippen LogP contribution in [-0.2, 0) is 26.7 Å². The van der Waals surface area contributed by atoms with Crippen LogP contribution in [0.1, 0.15) is 42.9 Å². The first-order chi connectivity index (χ1) is 14.1. The summed E-state index contributed by atoms with van der Waals surface area (Å²) in [5.74, 6) is -0.117. The van der Waals surface area contributed by atoms with Gasteiger partial charge in [-0.3, -0.25) is 4.90 Å². The van der Waals surface area contributed by atoms with Crippen LogP contribution in [0.15, 0.2) is 18.2 Å². The summed E-state index contributed by atoms with van der Waals surface area (Å²) in [6.45, 7) is 2.21. The Morgan fingerprint density at radius 3 is 2.77 bits per heavy atom. The van der Waals surface area contributed by atoms with Gasteiger partial charge in [0, 0.05) is 38.3 Å². The Morgan fingerprint density at radius 2 is 2.00 bits per heavy atom. The van der Waals surface area contributed by atoms with Crippen LogP contribution in [0.25, 0.3) is 0 Å². The largest absolute Gasteiger partial charge is 0.296 e. The molecule has 3 aliphatic heterocycles. The minimum atomic E-state index is -3.83. The molecule has 0 amide bonds. The lowest BCUT2D eigenvalue weighted by molar-refractivity contribution is 0.0218. The van der Waals surface area contributed by atoms with Crippen LogP contribution in [0, 0.1) is 11.7 Å². The summed E-state index contributed by atoms with van der Waals surface area (Å²) < 4.78 is 65.8.